The van der Waals surface area contributed by atoms with Crippen LogP contribution >= 0.6 is 11.8 Å². The van der Waals surface area contributed by atoms with E-state index in [1.165, 1.54) is 11.8 Å². The maximum absolute atomic E-state index is 13.5. The minimum atomic E-state index is -0.512. The summed E-state index contributed by atoms with van der Waals surface area (Å²) in [6.45, 7) is 4.84. The topological polar surface area (TPSA) is 72.3 Å². The molecular weight excluding hydrogens is 458 g/mol. The number of morpholine rings is 1. The first-order chi connectivity index (χ1) is 17.2. The number of nitrogens with zero attached hydrogens (tertiary/aromatic N) is 4. The van der Waals surface area contributed by atoms with Crippen molar-refractivity contribution in [1.82, 2.24) is 14.8 Å². The highest BCUT2D eigenvalue weighted by molar-refractivity contribution is 8.00. The summed E-state index contributed by atoms with van der Waals surface area (Å²) in [4.78, 5) is 15.7. The molecule has 0 spiro atoms. The number of carbonyl (C=O) groups excluding carboxylic acids is 1. The van der Waals surface area contributed by atoms with Crippen LogP contribution < -0.4 is 10.2 Å². The van der Waals surface area contributed by atoms with E-state index in [0.717, 1.165) is 41.5 Å². The number of rotatable bonds is 7. The van der Waals surface area contributed by atoms with E-state index in [1.807, 2.05) is 72.8 Å². The van der Waals surface area contributed by atoms with Gasteiger partial charge in [-0.25, -0.2) is 0 Å². The van der Waals surface area contributed by atoms with Gasteiger partial charge in [0.25, 0.3) is 0 Å². The molecule has 0 aliphatic carbocycles. The van der Waals surface area contributed by atoms with Crippen molar-refractivity contribution >= 4 is 29.3 Å². The van der Waals surface area contributed by atoms with Crippen LogP contribution in [0.4, 0.5) is 11.6 Å². The molecule has 1 amide bonds. The van der Waals surface area contributed by atoms with Gasteiger partial charge in [-0.15, -0.1) is 10.2 Å². The summed E-state index contributed by atoms with van der Waals surface area (Å²) in [6.07, 6.45) is 0. The number of thioether (sulfide) groups is 1. The number of ether oxygens (including phenoxy) is 1. The summed E-state index contributed by atoms with van der Waals surface area (Å²) in [5.41, 5.74) is 3.77. The van der Waals surface area contributed by atoms with E-state index in [2.05, 4.69) is 44.0 Å². The van der Waals surface area contributed by atoms with Gasteiger partial charge in [0.15, 0.2) is 5.16 Å². The Bertz CT molecular complexity index is 1270. The molecule has 0 radical (unpaired) electrons. The number of amides is 1. The smallest absolute Gasteiger partial charge is 0.242 e. The van der Waals surface area contributed by atoms with E-state index in [-0.39, 0.29) is 5.91 Å². The fraction of sp³-hybridized carbons (Fsp3) is 0.222. The van der Waals surface area contributed by atoms with E-state index < -0.39 is 5.25 Å². The summed E-state index contributed by atoms with van der Waals surface area (Å²) in [7, 11) is 0. The number of carbonyl (C=O) groups is 1. The molecule has 178 valence electrons. The lowest BCUT2D eigenvalue weighted by atomic mass is 10.1. The summed E-state index contributed by atoms with van der Waals surface area (Å²) >= 11 is 1.40. The molecule has 1 aliphatic heterocycles. The average molecular weight is 486 g/mol. The van der Waals surface area contributed by atoms with Crippen LogP contribution in [0.15, 0.2) is 90.1 Å². The molecule has 4 aromatic rings. The van der Waals surface area contributed by atoms with Crippen molar-refractivity contribution in [3.8, 4) is 5.69 Å². The van der Waals surface area contributed by atoms with Crippen molar-refractivity contribution in [2.45, 2.75) is 17.3 Å². The molecule has 35 heavy (non-hydrogen) atoms. The van der Waals surface area contributed by atoms with Gasteiger partial charge in [-0.3, -0.25) is 9.36 Å². The van der Waals surface area contributed by atoms with Crippen molar-refractivity contribution in [3.05, 3.63) is 96.1 Å². The minimum Gasteiger partial charge on any atom is -0.378 e. The fourth-order valence-corrected chi connectivity index (χ4v) is 5.09. The van der Waals surface area contributed by atoms with E-state index in [9.17, 15) is 4.79 Å². The number of hydrogen-bond donors (Lipinski definition) is 1. The highest BCUT2D eigenvalue weighted by atomic mass is 32.2. The van der Waals surface area contributed by atoms with Crippen LogP contribution in [0.1, 0.15) is 16.4 Å². The molecule has 0 bridgehead atoms. The van der Waals surface area contributed by atoms with E-state index in [0.29, 0.717) is 18.4 Å². The first-order valence-corrected chi connectivity index (χ1v) is 12.5. The van der Waals surface area contributed by atoms with Gasteiger partial charge in [0.05, 0.1) is 18.9 Å². The molecule has 0 saturated carbocycles. The Labute approximate surface area is 209 Å². The number of para-hydroxylation sites is 1. The Kier molecular flexibility index (Phi) is 7.11. The van der Waals surface area contributed by atoms with E-state index >= 15 is 0 Å². The molecule has 1 N–H and O–H groups in total. The Balaban J connectivity index is 1.53. The molecule has 8 heteroatoms. The van der Waals surface area contributed by atoms with Crippen LogP contribution in [-0.4, -0.2) is 47.0 Å². The second-order valence-electron chi connectivity index (χ2n) is 8.32. The maximum Gasteiger partial charge on any atom is 0.242 e. The molecule has 1 saturated heterocycles. The predicted octanol–water partition coefficient (Wildman–Crippen LogP) is 4.88. The molecule has 1 aliphatic rings. The third-order valence-corrected chi connectivity index (χ3v) is 6.97. The van der Waals surface area contributed by atoms with Gasteiger partial charge in [0.2, 0.25) is 11.9 Å². The standard InChI is InChI=1S/C27H27N5O2S/c1-20-9-8-14-23(19-20)32-26(31-15-17-34-18-16-31)29-30-27(32)35-24(21-10-4-2-5-11-21)25(33)28-22-12-6-3-7-13-22/h2-14,19,24H,15-18H2,1H3,(H,28,33). The Morgan fingerprint density at radius 2 is 1.66 bits per heavy atom. The molecule has 3 aromatic carbocycles. The van der Waals surface area contributed by atoms with Crippen LogP contribution in [0.25, 0.3) is 5.69 Å². The molecule has 1 atom stereocenters. The van der Waals surface area contributed by atoms with E-state index in [1.54, 1.807) is 0 Å². The van der Waals surface area contributed by atoms with Crippen LogP contribution in [-0.2, 0) is 9.53 Å². The first-order valence-electron chi connectivity index (χ1n) is 11.6. The number of benzene rings is 3. The number of hydrogen-bond acceptors (Lipinski definition) is 6. The van der Waals surface area contributed by atoms with Gasteiger partial charge < -0.3 is 15.0 Å². The summed E-state index contributed by atoms with van der Waals surface area (Å²) < 4.78 is 7.60. The van der Waals surface area contributed by atoms with Crippen LogP contribution in [0.2, 0.25) is 0 Å². The quantitative estimate of drug-likeness (QED) is 0.376. The highest BCUT2D eigenvalue weighted by Gasteiger charge is 2.28. The maximum atomic E-state index is 13.5. The molecule has 5 rings (SSSR count). The lowest BCUT2D eigenvalue weighted by Gasteiger charge is -2.28. The largest absolute Gasteiger partial charge is 0.378 e. The van der Waals surface area contributed by atoms with Crippen LogP contribution in [0.3, 0.4) is 0 Å². The van der Waals surface area contributed by atoms with Crippen molar-refractivity contribution in [2.75, 3.05) is 36.5 Å². The van der Waals surface area contributed by atoms with Crippen LogP contribution in [0, 0.1) is 6.92 Å². The summed E-state index contributed by atoms with van der Waals surface area (Å²) in [5, 5.41) is 12.3. The number of aryl methyl sites for hydroxylation is 1. The average Bonchev–Trinajstić information content (AvgIpc) is 3.32. The lowest BCUT2D eigenvalue weighted by molar-refractivity contribution is -0.115. The molecular formula is C27H27N5O2S. The molecule has 2 heterocycles. The Morgan fingerprint density at radius 1 is 0.943 bits per heavy atom. The number of aromatic nitrogens is 3. The normalized spacial score (nSPS) is 14.5. The molecule has 7 nitrogen and oxygen atoms in total. The number of nitrogens with one attached hydrogen (secondary N) is 1. The Morgan fingerprint density at radius 3 is 2.37 bits per heavy atom. The first kappa shape index (κ1) is 23.1. The summed E-state index contributed by atoms with van der Waals surface area (Å²) in [6, 6.07) is 27.5. The van der Waals surface area contributed by atoms with Gasteiger partial charge in [0.1, 0.15) is 5.25 Å². The summed E-state index contributed by atoms with van der Waals surface area (Å²) in [5.74, 6) is 0.649. The SMILES string of the molecule is Cc1cccc(-n2c(SC(C(=O)Nc3ccccc3)c3ccccc3)nnc2N2CCOCC2)c1. The molecule has 1 aromatic heterocycles. The fourth-order valence-electron chi connectivity index (χ4n) is 4.04. The van der Waals surface area contributed by atoms with Crippen molar-refractivity contribution in [1.29, 1.82) is 0 Å². The van der Waals surface area contributed by atoms with Crippen LogP contribution in [0.5, 0.6) is 0 Å². The second-order valence-corrected chi connectivity index (χ2v) is 9.39. The molecule has 1 unspecified atom stereocenters. The molecule has 1 fully saturated rings. The lowest BCUT2D eigenvalue weighted by Crippen LogP contribution is -2.37. The number of anilines is 2. The van der Waals surface area contributed by atoms with Gasteiger partial charge in [-0.05, 0) is 42.3 Å². The second kappa shape index (κ2) is 10.8. The van der Waals surface area contributed by atoms with Crippen molar-refractivity contribution in [2.24, 2.45) is 0 Å². The highest BCUT2D eigenvalue weighted by Crippen LogP contribution is 2.38. The third-order valence-electron chi connectivity index (χ3n) is 5.78. The van der Waals surface area contributed by atoms with Gasteiger partial charge in [0, 0.05) is 18.8 Å². The van der Waals surface area contributed by atoms with E-state index in [4.69, 9.17) is 4.74 Å². The zero-order valence-electron chi connectivity index (χ0n) is 19.5. The van der Waals surface area contributed by atoms with Crippen molar-refractivity contribution < 1.29 is 9.53 Å². The monoisotopic (exact) mass is 485 g/mol. The van der Waals surface area contributed by atoms with Gasteiger partial charge in [-0.2, -0.15) is 0 Å². The minimum absolute atomic E-state index is 0.112. The zero-order chi connectivity index (χ0) is 24.0. The Hall–Kier alpha value is -3.62. The third kappa shape index (κ3) is 5.39. The predicted molar refractivity (Wildman–Crippen MR) is 139 cm³/mol. The van der Waals surface area contributed by atoms with Gasteiger partial charge >= 0.3 is 0 Å². The van der Waals surface area contributed by atoms with Gasteiger partial charge in [-0.1, -0.05) is 72.4 Å². The van der Waals surface area contributed by atoms with Crippen molar-refractivity contribution in [3.63, 3.8) is 0 Å². The zero-order valence-corrected chi connectivity index (χ0v) is 20.3.